The topological polar surface area (TPSA) is 140 Å². The number of phenolic OH excluding ortho intramolecular Hbond substituents is 6. The average molecular weight is 1520 g/mol. The highest BCUT2D eigenvalue weighted by Gasteiger charge is 2.23. The number of fused-ring (bicyclic) bond motifs is 6. The van der Waals surface area contributed by atoms with Crippen molar-refractivity contribution in [1.82, 2.24) is 14.7 Å². The number of hydrogen-bond acceptors (Lipinski definition) is 9. The van der Waals surface area contributed by atoms with Crippen LogP contribution in [0.25, 0.3) is 74.3 Å². The number of hydrogen-bond donors (Lipinski definition) is 6. The van der Waals surface area contributed by atoms with Crippen molar-refractivity contribution < 1.29 is 30.6 Å². The summed E-state index contributed by atoms with van der Waals surface area (Å²) in [4.78, 5) is 13.8. The predicted octanol–water partition coefficient (Wildman–Crippen LogP) is 22.8. The Balaban J connectivity index is 0.000000155. The summed E-state index contributed by atoms with van der Waals surface area (Å²) in [6, 6.07) is 57.7. The van der Waals surface area contributed by atoms with E-state index in [2.05, 4.69) is 159 Å². The minimum Gasteiger partial charge on any atom is -0.508 e. The van der Waals surface area contributed by atoms with Crippen LogP contribution >= 0.6 is 63.7 Å². The van der Waals surface area contributed by atoms with Crippen LogP contribution in [-0.2, 0) is 39.3 Å². The van der Waals surface area contributed by atoms with Crippen molar-refractivity contribution in [2.45, 2.75) is 112 Å². The van der Waals surface area contributed by atoms with E-state index in [4.69, 9.17) is 13.1 Å². The summed E-state index contributed by atoms with van der Waals surface area (Å²) in [6.45, 7) is 29.4. The molecule has 484 valence electrons. The van der Waals surface area contributed by atoms with Gasteiger partial charge in [0.05, 0.1) is 13.1 Å². The van der Waals surface area contributed by atoms with E-state index in [1.807, 2.05) is 97.1 Å². The highest BCUT2D eigenvalue weighted by molar-refractivity contribution is 9.11. The molecule has 12 aromatic rings. The number of aromatic hydroxyl groups is 6. The van der Waals surface area contributed by atoms with Crippen molar-refractivity contribution in [3.63, 3.8) is 0 Å². The van der Waals surface area contributed by atoms with Crippen LogP contribution in [-0.4, -0.2) is 64.0 Å². The standard InChI is InChI=1S/C28H29Br2NO2.C27H23N3O2.C25H23Br2NO2/c1-2-3-4-5-14-31(17-25-23-10-8-21(29)15-19(23)6-12-27(25)32)18-26-24-11-9-22(30)16-20(24)7-13-28(26)33;1-17(2)30(15-24-22-9-7-20(28-3)13-18(22)5-11-26(24)31)16-25-23-10-8-21(29-4)14-19(23)6-12-27(25)32;1-15(2)28(13-22-20-7-5-18(26)11-16(20)3-9-24(22)29)14-23-21-8-6-19(27)12-17(21)4-10-25(23)30/h6-13,15-16,32-33H,2-5,14,17-18H2,1H3;5-14,17,31-32H,15-16H2,1-2H3;3-12,15,29-30H,13-14H2,1-2H3. The summed E-state index contributed by atoms with van der Waals surface area (Å²) < 4.78 is 4.07. The van der Waals surface area contributed by atoms with Gasteiger partial charge >= 0.3 is 0 Å². The molecule has 12 aromatic carbocycles. The highest BCUT2D eigenvalue weighted by Crippen LogP contribution is 2.39. The van der Waals surface area contributed by atoms with Crippen LogP contribution in [0.5, 0.6) is 34.5 Å². The van der Waals surface area contributed by atoms with Crippen molar-refractivity contribution in [3.8, 4) is 34.5 Å². The molecule has 15 heteroatoms. The molecule has 11 nitrogen and oxygen atoms in total. The largest absolute Gasteiger partial charge is 0.508 e. The van der Waals surface area contributed by atoms with Crippen LogP contribution in [0.3, 0.4) is 0 Å². The smallest absolute Gasteiger partial charge is 0.187 e. The zero-order chi connectivity index (χ0) is 67.6. The summed E-state index contributed by atoms with van der Waals surface area (Å²) in [5.41, 5.74) is 6.37. The van der Waals surface area contributed by atoms with Gasteiger partial charge in [-0.2, -0.15) is 0 Å². The molecule has 0 unspecified atom stereocenters. The Labute approximate surface area is 589 Å². The third kappa shape index (κ3) is 16.7. The van der Waals surface area contributed by atoms with Crippen molar-refractivity contribution in [1.29, 1.82) is 0 Å². The second kappa shape index (κ2) is 31.6. The van der Waals surface area contributed by atoms with E-state index in [1.54, 1.807) is 48.5 Å². The molecule has 0 bridgehead atoms. The van der Waals surface area contributed by atoms with Gasteiger partial charge in [-0.25, -0.2) is 9.69 Å². The third-order valence-electron chi connectivity index (χ3n) is 17.7. The molecule has 0 radical (unpaired) electrons. The van der Waals surface area contributed by atoms with Gasteiger partial charge in [0.25, 0.3) is 0 Å². The van der Waals surface area contributed by atoms with Crippen molar-refractivity contribution in [2.75, 3.05) is 6.54 Å². The lowest BCUT2D eigenvalue weighted by Crippen LogP contribution is -2.30. The SMILES string of the molecule is CC(C)N(Cc1c(O)ccc2cc(Br)ccc12)Cc1c(O)ccc2cc(Br)ccc12.CCCCCCN(Cc1c(O)ccc2cc(Br)ccc12)Cc1c(O)ccc2cc(Br)ccc12.[C-]#[N+]c1ccc2c(CN(Cc3c(O)ccc4cc([N+]#[C-])ccc34)C(C)C)c(O)ccc2c1. The van der Waals surface area contributed by atoms with E-state index in [9.17, 15) is 30.6 Å². The first-order valence-corrected chi connectivity index (χ1v) is 34.9. The number of benzene rings is 12. The van der Waals surface area contributed by atoms with E-state index in [1.165, 1.54) is 19.3 Å². The second-order valence-corrected chi connectivity index (χ2v) is 28.3. The van der Waals surface area contributed by atoms with Crippen LogP contribution in [0.15, 0.2) is 200 Å². The highest BCUT2D eigenvalue weighted by atomic mass is 79.9. The minimum absolute atomic E-state index is 0.143. The van der Waals surface area contributed by atoms with Gasteiger partial charge in [0.2, 0.25) is 0 Å². The molecule has 0 aromatic heterocycles. The van der Waals surface area contributed by atoms with E-state index in [0.717, 1.165) is 129 Å². The van der Waals surface area contributed by atoms with Crippen molar-refractivity contribution >= 4 is 140 Å². The molecule has 0 amide bonds. The summed E-state index contributed by atoms with van der Waals surface area (Å²) in [7, 11) is 0. The van der Waals surface area contributed by atoms with Gasteiger partial charge in [-0.15, -0.1) is 0 Å². The summed E-state index contributed by atoms with van der Waals surface area (Å²) >= 11 is 14.2. The number of unbranched alkanes of at least 4 members (excludes halogenated alkanes) is 3. The quantitative estimate of drug-likeness (QED) is 0.0345. The maximum atomic E-state index is 10.8. The third-order valence-corrected chi connectivity index (χ3v) is 19.7. The maximum Gasteiger partial charge on any atom is 0.187 e. The molecule has 0 fully saturated rings. The Morgan fingerprint density at radius 3 is 0.832 bits per heavy atom. The monoisotopic (exact) mass is 1520 g/mol. The van der Waals surface area contributed by atoms with E-state index < -0.39 is 0 Å². The number of halogens is 4. The molecule has 0 aliphatic rings. The molecule has 6 N–H and O–H groups in total. The molecule has 0 saturated heterocycles. The van der Waals surface area contributed by atoms with E-state index in [0.29, 0.717) is 73.6 Å². The molecule has 0 spiro atoms. The Morgan fingerprint density at radius 2 is 0.579 bits per heavy atom. The first kappa shape index (κ1) is 69.6. The molecule has 12 rings (SSSR count). The normalized spacial score (nSPS) is 11.5. The van der Waals surface area contributed by atoms with Gasteiger partial charge in [-0.1, -0.05) is 175 Å². The number of rotatable bonds is 19. The Hall–Kier alpha value is -8.22. The molecule has 0 aliphatic heterocycles. The van der Waals surface area contributed by atoms with E-state index in [-0.39, 0.29) is 23.6 Å². The lowest BCUT2D eigenvalue weighted by molar-refractivity contribution is 0.201. The van der Waals surface area contributed by atoms with Crippen LogP contribution in [0, 0.1) is 13.1 Å². The van der Waals surface area contributed by atoms with Gasteiger partial charge in [0.15, 0.2) is 11.4 Å². The average Bonchev–Trinajstić information content (AvgIpc) is 0.820. The second-order valence-electron chi connectivity index (χ2n) is 24.6. The van der Waals surface area contributed by atoms with Crippen LogP contribution < -0.4 is 0 Å². The predicted molar refractivity (Wildman–Crippen MR) is 404 cm³/mol. The lowest BCUT2D eigenvalue weighted by Gasteiger charge is -2.28. The van der Waals surface area contributed by atoms with Gasteiger partial charge in [-0.3, -0.25) is 14.7 Å². The van der Waals surface area contributed by atoms with Gasteiger partial charge in [0.1, 0.15) is 34.5 Å². The summed E-state index contributed by atoms with van der Waals surface area (Å²) in [5.74, 6) is 1.64. The fourth-order valence-electron chi connectivity index (χ4n) is 12.4. The lowest BCUT2D eigenvalue weighted by atomic mass is 9.99. The summed E-state index contributed by atoms with van der Waals surface area (Å²) in [6.07, 6.45) is 4.67. The van der Waals surface area contributed by atoms with Gasteiger partial charge in [0, 0.05) is 103 Å². The van der Waals surface area contributed by atoms with Gasteiger partial charge < -0.3 is 30.6 Å². The zero-order valence-corrected chi connectivity index (χ0v) is 60.0. The first-order valence-electron chi connectivity index (χ1n) is 31.8. The minimum atomic E-state index is 0.143. The van der Waals surface area contributed by atoms with Crippen LogP contribution in [0.2, 0.25) is 0 Å². The van der Waals surface area contributed by atoms with E-state index >= 15 is 0 Å². The van der Waals surface area contributed by atoms with Crippen molar-refractivity contribution in [3.05, 3.63) is 256 Å². The molecular weight excluding hydrogens is 1450 g/mol. The molecule has 95 heavy (non-hydrogen) atoms. The molecule has 0 atom stereocenters. The Kier molecular flexibility index (Phi) is 23.1. The first-order chi connectivity index (χ1) is 45.7. The molecule has 0 aliphatic carbocycles. The van der Waals surface area contributed by atoms with Crippen LogP contribution in [0.1, 0.15) is 93.7 Å². The maximum absolute atomic E-state index is 10.8. The van der Waals surface area contributed by atoms with Crippen LogP contribution in [0.4, 0.5) is 11.4 Å². The Morgan fingerprint density at radius 1 is 0.326 bits per heavy atom. The number of nitrogens with zero attached hydrogens (tertiary/aromatic N) is 5. The molecule has 0 heterocycles. The molecule has 0 saturated carbocycles. The number of phenols is 6. The fourth-order valence-corrected chi connectivity index (χ4v) is 13.9. The zero-order valence-electron chi connectivity index (χ0n) is 53.7. The van der Waals surface area contributed by atoms with Crippen molar-refractivity contribution in [2.24, 2.45) is 0 Å². The van der Waals surface area contributed by atoms with Gasteiger partial charge in [-0.05, 0) is 202 Å². The summed E-state index contributed by atoms with van der Waals surface area (Å²) in [5, 5.41) is 76.3. The Bertz CT molecular complexity index is 4600. The fraction of sp³-hybridized carbons (Fsp3) is 0.225. The molecular formula is C80H75Br4N5O6.